The van der Waals surface area contributed by atoms with E-state index in [2.05, 4.69) is 32.1 Å². The summed E-state index contributed by atoms with van der Waals surface area (Å²) in [5.74, 6) is 1.16. The molecule has 120 valence electrons. The maximum atomic E-state index is 5.54. The van der Waals surface area contributed by atoms with Gasteiger partial charge in [0.25, 0.3) is 0 Å². The van der Waals surface area contributed by atoms with Crippen molar-refractivity contribution in [3.05, 3.63) is 0 Å². The molecule has 0 aliphatic heterocycles. The number of anilines is 2. The molecule has 0 aromatic carbocycles. The van der Waals surface area contributed by atoms with Crippen LogP contribution in [0.2, 0.25) is 0 Å². The molecular weight excluding hydrogens is 270 g/mol. The fourth-order valence-corrected chi connectivity index (χ4v) is 1.70. The largest absolute Gasteiger partial charge is 0.463 e. The van der Waals surface area contributed by atoms with Crippen molar-refractivity contribution in [2.75, 3.05) is 49.7 Å². The van der Waals surface area contributed by atoms with Crippen LogP contribution in [0.15, 0.2) is 0 Å². The number of nitrogens with one attached hydrogen (secondary N) is 1. The lowest BCUT2D eigenvalue weighted by Gasteiger charge is -2.21. The summed E-state index contributed by atoms with van der Waals surface area (Å²) in [5, 5.41) is 3.11. The van der Waals surface area contributed by atoms with Crippen LogP contribution in [0.1, 0.15) is 34.1 Å². The minimum atomic E-state index is 0.368. The molecule has 0 atom stereocenters. The molecule has 0 aliphatic carbocycles. The number of nitrogens with zero attached hydrogens (tertiary/aromatic N) is 4. The summed E-state index contributed by atoms with van der Waals surface area (Å²) >= 11 is 0. The molecule has 1 aromatic heterocycles. The minimum absolute atomic E-state index is 0.368. The smallest absolute Gasteiger partial charge is 0.323 e. The van der Waals surface area contributed by atoms with E-state index in [0.29, 0.717) is 37.7 Å². The van der Waals surface area contributed by atoms with Crippen molar-refractivity contribution in [3.8, 4) is 6.01 Å². The zero-order valence-electron chi connectivity index (χ0n) is 13.6. The van der Waals surface area contributed by atoms with Crippen LogP contribution in [0.4, 0.5) is 11.9 Å². The maximum absolute atomic E-state index is 5.54. The van der Waals surface area contributed by atoms with Gasteiger partial charge in [-0.2, -0.15) is 15.0 Å². The highest BCUT2D eigenvalue weighted by molar-refractivity contribution is 5.38. The molecule has 0 amide bonds. The van der Waals surface area contributed by atoms with Gasteiger partial charge in [0.15, 0.2) is 0 Å². The molecule has 0 unspecified atom stereocenters. The third kappa shape index (κ3) is 6.12. The van der Waals surface area contributed by atoms with Gasteiger partial charge in [-0.1, -0.05) is 6.92 Å². The molecule has 0 saturated carbocycles. The predicted molar refractivity (Wildman–Crippen MR) is 84.2 cm³/mol. The van der Waals surface area contributed by atoms with E-state index in [1.807, 2.05) is 20.8 Å². The number of likely N-dealkylation sites (N-methyl/N-ethyl adjacent to an activating group) is 1. The van der Waals surface area contributed by atoms with Crippen LogP contribution in [0.25, 0.3) is 0 Å². The van der Waals surface area contributed by atoms with Crippen molar-refractivity contribution in [2.45, 2.75) is 34.1 Å². The quantitative estimate of drug-likeness (QED) is 0.626. The average molecular weight is 297 g/mol. The fourth-order valence-electron chi connectivity index (χ4n) is 1.70. The van der Waals surface area contributed by atoms with Gasteiger partial charge >= 0.3 is 6.01 Å². The zero-order chi connectivity index (χ0) is 15.5. The number of hydrogen-bond donors (Lipinski definition) is 1. The van der Waals surface area contributed by atoms with E-state index in [4.69, 9.17) is 9.47 Å². The van der Waals surface area contributed by atoms with Crippen LogP contribution in [0.5, 0.6) is 6.01 Å². The van der Waals surface area contributed by atoms with Crippen LogP contribution < -0.4 is 15.0 Å². The van der Waals surface area contributed by atoms with Gasteiger partial charge in [-0.25, -0.2) is 0 Å². The van der Waals surface area contributed by atoms with Gasteiger partial charge < -0.3 is 19.7 Å². The van der Waals surface area contributed by atoms with Gasteiger partial charge in [-0.05, 0) is 27.2 Å². The van der Waals surface area contributed by atoms with Gasteiger partial charge in [0.1, 0.15) is 0 Å². The normalized spacial score (nSPS) is 10.5. The van der Waals surface area contributed by atoms with Crippen molar-refractivity contribution in [3.63, 3.8) is 0 Å². The Hall–Kier alpha value is -1.63. The van der Waals surface area contributed by atoms with Crippen LogP contribution in [0, 0.1) is 0 Å². The van der Waals surface area contributed by atoms with Crippen molar-refractivity contribution < 1.29 is 9.47 Å². The number of rotatable bonds is 11. The van der Waals surface area contributed by atoms with Gasteiger partial charge in [0.2, 0.25) is 11.9 Å². The average Bonchev–Trinajstić information content (AvgIpc) is 2.50. The maximum Gasteiger partial charge on any atom is 0.323 e. The molecule has 1 rings (SSSR count). The molecule has 1 N–H and O–H groups in total. The van der Waals surface area contributed by atoms with Crippen LogP contribution in [-0.4, -0.2) is 54.4 Å². The summed E-state index contributed by atoms with van der Waals surface area (Å²) in [6.45, 7) is 12.4. The van der Waals surface area contributed by atoms with Gasteiger partial charge in [-0.15, -0.1) is 0 Å². The van der Waals surface area contributed by atoms with E-state index in [9.17, 15) is 0 Å². The molecule has 0 saturated heterocycles. The second kappa shape index (κ2) is 10.1. The lowest BCUT2D eigenvalue weighted by Crippen LogP contribution is -2.29. The number of hydrogen-bond acceptors (Lipinski definition) is 7. The van der Waals surface area contributed by atoms with Gasteiger partial charge in [0.05, 0.1) is 13.2 Å². The Morgan fingerprint density at radius 2 is 1.86 bits per heavy atom. The zero-order valence-corrected chi connectivity index (χ0v) is 13.6. The first-order valence-corrected chi connectivity index (χ1v) is 7.70. The molecule has 0 aliphatic rings. The highest BCUT2D eigenvalue weighted by Crippen LogP contribution is 2.15. The predicted octanol–water partition coefficient (Wildman–Crippen LogP) is 1.95. The summed E-state index contributed by atoms with van der Waals surface area (Å²) in [5.41, 5.74) is 0. The van der Waals surface area contributed by atoms with E-state index in [1.54, 1.807) is 0 Å². The Balaban J connectivity index is 2.87. The van der Waals surface area contributed by atoms with E-state index < -0.39 is 0 Å². The summed E-state index contributed by atoms with van der Waals surface area (Å²) < 4.78 is 10.9. The third-order valence-electron chi connectivity index (χ3n) is 2.75. The molecule has 0 fully saturated rings. The summed E-state index contributed by atoms with van der Waals surface area (Å²) in [4.78, 5) is 15.1. The summed E-state index contributed by atoms with van der Waals surface area (Å²) in [6.07, 6.45) is 0.916. The summed E-state index contributed by atoms with van der Waals surface area (Å²) in [7, 11) is 0. The monoisotopic (exact) mass is 297 g/mol. The van der Waals surface area contributed by atoms with Gasteiger partial charge in [0, 0.05) is 26.2 Å². The molecule has 7 nitrogen and oxygen atoms in total. The molecular formula is C14H27N5O2. The first kappa shape index (κ1) is 17.4. The first-order valence-electron chi connectivity index (χ1n) is 7.70. The highest BCUT2D eigenvalue weighted by atomic mass is 16.5. The number of aromatic nitrogens is 3. The Kier molecular flexibility index (Phi) is 8.42. The van der Waals surface area contributed by atoms with E-state index in [-0.39, 0.29) is 0 Å². The highest BCUT2D eigenvalue weighted by Gasteiger charge is 2.12. The van der Waals surface area contributed by atoms with Crippen LogP contribution in [-0.2, 0) is 4.74 Å². The Labute approximate surface area is 127 Å². The topological polar surface area (TPSA) is 72.4 Å². The standard InChI is InChI=1S/C14H27N5O2/c1-5-10-21-14-17-12(15-6-2)16-13(18-14)19(7-3)9-11-20-8-4/h5-11H2,1-4H3,(H,15,16,17,18). The lowest BCUT2D eigenvalue weighted by atomic mass is 10.5. The number of ether oxygens (including phenoxy) is 2. The van der Waals surface area contributed by atoms with Gasteiger partial charge in [-0.3, -0.25) is 0 Å². The SMILES string of the molecule is CCCOc1nc(NCC)nc(N(CC)CCOCC)n1. The van der Waals surface area contributed by atoms with Crippen molar-refractivity contribution >= 4 is 11.9 Å². The van der Waals surface area contributed by atoms with Crippen molar-refractivity contribution in [1.82, 2.24) is 15.0 Å². The Morgan fingerprint density at radius 1 is 1.05 bits per heavy atom. The molecule has 1 heterocycles. The van der Waals surface area contributed by atoms with Crippen molar-refractivity contribution in [2.24, 2.45) is 0 Å². The second-order valence-electron chi connectivity index (χ2n) is 4.40. The first-order chi connectivity index (χ1) is 10.2. The Morgan fingerprint density at radius 3 is 2.48 bits per heavy atom. The summed E-state index contributed by atoms with van der Waals surface area (Å²) in [6, 6.07) is 0.368. The van der Waals surface area contributed by atoms with Crippen LogP contribution >= 0.6 is 0 Å². The molecule has 0 bridgehead atoms. The fraction of sp³-hybridized carbons (Fsp3) is 0.786. The minimum Gasteiger partial charge on any atom is -0.463 e. The molecule has 7 heteroatoms. The van der Waals surface area contributed by atoms with E-state index >= 15 is 0 Å². The van der Waals surface area contributed by atoms with Crippen molar-refractivity contribution in [1.29, 1.82) is 0 Å². The lowest BCUT2D eigenvalue weighted by molar-refractivity contribution is 0.153. The van der Waals surface area contributed by atoms with Crippen LogP contribution in [0.3, 0.4) is 0 Å². The second-order valence-corrected chi connectivity index (χ2v) is 4.40. The third-order valence-corrected chi connectivity index (χ3v) is 2.75. The van der Waals surface area contributed by atoms with E-state index in [1.165, 1.54) is 0 Å². The van der Waals surface area contributed by atoms with E-state index in [0.717, 1.165) is 26.1 Å². The molecule has 0 spiro atoms. The molecule has 0 radical (unpaired) electrons. The molecule has 1 aromatic rings. The molecule has 21 heavy (non-hydrogen) atoms. The Bertz CT molecular complexity index is 403.